The third-order valence-corrected chi connectivity index (χ3v) is 3.36. The van der Waals surface area contributed by atoms with Gasteiger partial charge < -0.3 is 18.9 Å². The molecule has 0 fully saturated rings. The summed E-state index contributed by atoms with van der Waals surface area (Å²) in [5, 5.41) is 0. The van der Waals surface area contributed by atoms with E-state index in [4.69, 9.17) is 18.9 Å². The number of ketones is 1. The van der Waals surface area contributed by atoms with Gasteiger partial charge in [0.25, 0.3) is 0 Å². The minimum atomic E-state index is -0.129. The average Bonchev–Trinajstić information content (AvgIpc) is 2.64. The van der Waals surface area contributed by atoms with E-state index in [9.17, 15) is 4.79 Å². The maximum absolute atomic E-state index is 12.6. The van der Waals surface area contributed by atoms with Crippen molar-refractivity contribution in [2.24, 2.45) is 0 Å². The Morgan fingerprint density at radius 1 is 1.00 bits per heavy atom. The Bertz CT molecular complexity index is 691. The zero-order valence-electron chi connectivity index (χ0n) is 13.8. The first-order valence-electron chi connectivity index (χ1n) is 7.41. The van der Waals surface area contributed by atoms with Crippen LogP contribution in [0.2, 0.25) is 0 Å². The molecule has 2 aromatic rings. The van der Waals surface area contributed by atoms with Gasteiger partial charge in [0, 0.05) is 11.6 Å². The SMILES string of the molecule is C=COCCOc1ccc(C(=O)c2ccc(OC)cc2OC)cc1. The Labute approximate surface area is 141 Å². The summed E-state index contributed by atoms with van der Waals surface area (Å²) in [5.74, 6) is 1.65. The summed E-state index contributed by atoms with van der Waals surface area (Å²) in [4.78, 5) is 12.6. The van der Waals surface area contributed by atoms with E-state index in [0.717, 1.165) is 0 Å². The first kappa shape index (κ1) is 17.4. The Kier molecular flexibility index (Phi) is 6.25. The molecule has 0 aliphatic carbocycles. The monoisotopic (exact) mass is 328 g/mol. The highest BCUT2D eigenvalue weighted by Crippen LogP contribution is 2.27. The number of rotatable bonds is 9. The van der Waals surface area contributed by atoms with Crippen LogP contribution < -0.4 is 14.2 Å². The lowest BCUT2D eigenvalue weighted by Crippen LogP contribution is -2.06. The molecule has 0 spiro atoms. The molecule has 0 atom stereocenters. The first-order chi connectivity index (χ1) is 11.7. The molecule has 2 rings (SSSR count). The molecule has 0 aliphatic rings. The lowest BCUT2D eigenvalue weighted by molar-refractivity contribution is 0.103. The van der Waals surface area contributed by atoms with Crippen LogP contribution in [0.1, 0.15) is 15.9 Å². The van der Waals surface area contributed by atoms with Gasteiger partial charge >= 0.3 is 0 Å². The molecule has 0 N–H and O–H groups in total. The zero-order valence-corrected chi connectivity index (χ0v) is 13.8. The summed E-state index contributed by atoms with van der Waals surface area (Å²) in [6.07, 6.45) is 1.37. The Morgan fingerprint density at radius 2 is 1.71 bits per heavy atom. The molecule has 0 aliphatic heterocycles. The maximum Gasteiger partial charge on any atom is 0.196 e. The number of hydrogen-bond donors (Lipinski definition) is 0. The van der Waals surface area contributed by atoms with Crippen molar-refractivity contribution >= 4 is 5.78 Å². The van der Waals surface area contributed by atoms with Crippen molar-refractivity contribution in [2.75, 3.05) is 27.4 Å². The molecular weight excluding hydrogens is 308 g/mol. The number of ether oxygens (including phenoxy) is 4. The molecule has 5 heteroatoms. The fourth-order valence-electron chi connectivity index (χ4n) is 2.14. The van der Waals surface area contributed by atoms with Crippen molar-refractivity contribution in [1.82, 2.24) is 0 Å². The molecule has 0 saturated carbocycles. The molecule has 126 valence electrons. The second-order valence-electron chi connectivity index (χ2n) is 4.81. The molecule has 5 nitrogen and oxygen atoms in total. The fraction of sp³-hybridized carbons (Fsp3) is 0.211. The molecule has 2 aromatic carbocycles. The van der Waals surface area contributed by atoms with Crippen LogP contribution in [0.5, 0.6) is 17.2 Å². The van der Waals surface area contributed by atoms with Gasteiger partial charge in [-0.2, -0.15) is 0 Å². The standard InChI is InChI=1S/C19H20O5/c1-4-23-11-12-24-15-7-5-14(6-8-15)19(20)17-10-9-16(21-2)13-18(17)22-3/h4-10,13H,1,11-12H2,2-3H3. The molecule has 0 aromatic heterocycles. The third kappa shape index (κ3) is 4.29. The number of carbonyl (C=O) groups excluding carboxylic acids is 1. The molecular formula is C19H20O5. The van der Waals surface area contributed by atoms with Crippen molar-refractivity contribution in [3.63, 3.8) is 0 Å². The van der Waals surface area contributed by atoms with E-state index in [-0.39, 0.29) is 5.78 Å². The van der Waals surface area contributed by atoms with E-state index in [0.29, 0.717) is 41.6 Å². The van der Waals surface area contributed by atoms with Gasteiger partial charge in [0.15, 0.2) is 5.78 Å². The van der Waals surface area contributed by atoms with Gasteiger partial charge in [-0.25, -0.2) is 0 Å². The number of hydrogen-bond acceptors (Lipinski definition) is 5. The average molecular weight is 328 g/mol. The van der Waals surface area contributed by atoms with Gasteiger partial charge in [0.1, 0.15) is 30.5 Å². The van der Waals surface area contributed by atoms with Crippen molar-refractivity contribution in [1.29, 1.82) is 0 Å². The third-order valence-electron chi connectivity index (χ3n) is 3.36. The Hall–Kier alpha value is -2.95. The summed E-state index contributed by atoms with van der Waals surface area (Å²) in [7, 11) is 3.09. The molecule has 0 heterocycles. The van der Waals surface area contributed by atoms with Crippen LogP contribution in [0.3, 0.4) is 0 Å². The second-order valence-corrected chi connectivity index (χ2v) is 4.81. The number of methoxy groups -OCH3 is 2. The van der Waals surface area contributed by atoms with E-state index in [1.807, 2.05) is 0 Å². The zero-order chi connectivity index (χ0) is 17.4. The van der Waals surface area contributed by atoms with Crippen molar-refractivity contribution in [2.45, 2.75) is 0 Å². The maximum atomic E-state index is 12.6. The summed E-state index contributed by atoms with van der Waals surface area (Å²) in [6, 6.07) is 12.0. The predicted octanol–water partition coefficient (Wildman–Crippen LogP) is 3.47. The number of benzene rings is 2. The van der Waals surface area contributed by atoms with Crippen LogP contribution >= 0.6 is 0 Å². The quantitative estimate of drug-likeness (QED) is 0.401. The van der Waals surface area contributed by atoms with Crippen LogP contribution in [0.25, 0.3) is 0 Å². The highest BCUT2D eigenvalue weighted by Gasteiger charge is 2.15. The minimum absolute atomic E-state index is 0.129. The van der Waals surface area contributed by atoms with E-state index >= 15 is 0 Å². The largest absolute Gasteiger partial charge is 0.498 e. The molecule has 0 bridgehead atoms. The van der Waals surface area contributed by atoms with Crippen molar-refractivity contribution in [3.05, 3.63) is 66.4 Å². The van der Waals surface area contributed by atoms with Crippen LogP contribution in [0.15, 0.2) is 55.3 Å². The van der Waals surface area contributed by atoms with Crippen LogP contribution in [0, 0.1) is 0 Å². The van der Waals surface area contributed by atoms with Gasteiger partial charge in [-0.15, -0.1) is 0 Å². The lowest BCUT2D eigenvalue weighted by atomic mass is 10.0. The van der Waals surface area contributed by atoms with E-state index in [1.54, 1.807) is 49.6 Å². The smallest absolute Gasteiger partial charge is 0.196 e. The topological polar surface area (TPSA) is 54.0 Å². The highest BCUT2D eigenvalue weighted by molar-refractivity contribution is 6.10. The molecule has 24 heavy (non-hydrogen) atoms. The summed E-state index contributed by atoms with van der Waals surface area (Å²) in [6.45, 7) is 4.29. The fourth-order valence-corrected chi connectivity index (χ4v) is 2.14. The predicted molar refractivity (Wildman–Crippen MR) is 91.1 cm³/mol. The molecule has 0 amide bonds. The van der Waals surface area contributed by atoms with Gasteiger partial charge in [0.05, 0.1) is 26.0 Å². The molecule has 0 unspecified atom stereocenters. The van der Waals surface area contributed by atoms with Gasteiger partial charge in [0.2, 0.25) is 0 Å². The normalized spacial score (nSPS) is 9.92. The number of carbonyl (C=O) groups is 1. The summed E-state index contributed by atoms with van der Waals surface area (Å²) < 4.78 is 20.9. The van der Waals surface area contributed by atoms with E-state index in [1.165, 1.54) is 13.4 Å². The summed E-state index contributed by atoms with van der Waals surface area (Å²) >= 11 is 0. The Balaban J connectivity index is 2.11. The van der Waals surface area contributed by atoms with Crippen molar-refractivity contribution in [3.8, 4) is 17.2 Å². The summed E-state index contributed by atoms with van der Waals surface area (Å²) in [5.41, 5.74) is 1.03. The van der Waals surface area contributed by atoms with Gasteiger partial charge in [-0.05, 0) is 36.4 Å². The Morgan fingerprint density at radius 3 is 2.33 bits per heavy atom. The van der Waals surface area contributed by atoms with Gasteiger partial charge in [-0.1, -0.05) is 6.58 Å². The van der Waals surface area contributed by atoms with Gasteiger partial charge in [-0.3, -0.25) is 4.79 Å². The van der Waals surface area contributed by atoms with Crippen molar-refractivity contribution < 1.29 is 23.7 Å². The highest BCUT2D eigenvalue weighted by atomic mass is 16.5. The first-order valence-corrected chi connectivity index (χ1v) is 7.41. The van der Waals surface area contributed by atoms with Crippen LogP contribution in [-0.2, 0) is 4.74 Å². The molecule has 0 radical (unpaired) electrons. The van der Waals surface area contributed by atoms with Crippen LogP contribution in [0.4, 0.5) is 0 Å². The van der Waals surface area contributed by atoms with E-state index < -0.39 is 0 Å². The second kappa shape index (κ2) is 8.62. The molecule has 0 saturated heterocycles. The minimum Gasteiger partial charge on any atom is -0.498 e. The lowest BCUT2D eigenvalue weighted by Gasteiger charge is -2.10. The van der Waals surface area contributed by atoms with E-state index in [2.05, 4.69) is 6.58 Å². The van der Waals surface area contributed by atoms with Crippen LogP contribution in [-0.4, -0.2) is 33.2 Å².